The quantitative estimate of drug-likeness (QED) is 0.491. The zero-order valence-electron chi connectivity index (χ0n) is 13.0. The van der Waals surface area contributed by atoms with Gasteiger partial charge in [0.05, 0.1) is 11.3 Å². The molecule has 6 nitrogen and oxygen atoms in total. The zero-order valence-corrected chi connectivity index (χ0v) is 14.6. The van der Waals surface area contributed by atoms with Crippen molar-refractivity contribution in [2.24, 2.45) is 0 Å². The minimum absolute atomic E-state index is 0.0182. The van der Waals surface area contributed by atoms with E-state index in [1.54, 1.807) is 6.07 Å². The molecule has 0 spiro atoms. The maximum absolute atomic E-state index is 12.8. The van der Waals surface area contributed by atoms with E-state index in [4.69, 9.17) is 17.3 Å². The number of anilines is 1. The molecule has 25 heavy (non-hydrogen) atoms. The molecule has 1 aromatic heterocycles. The molecule has 2 N–H and O–H groups in total. The van der Waals surface area contributed by atoms with Crippen LogP contribution in [-0.2, 0) is 9.59 Å². The molecule has 0 atom stereocenters. The van der Waals surface area contributed by atoms with Crippen LogP contribution < -0.4 is 10.2 Å². The molecule has 1 aliphatic rings. The summed E-state index contributed by atoms with van der Waals surface area (Å²) in [6.45, 7) is 1.88. The average molecular weight is 372 g/mol. The number of thiophene rings is 1. The molecular weight excluding hydrogens is 360 g/mol. The predicted molar refractivity (Wildman–Crippen MR) is 98.7 cm³/mol. The summed E-state index contributed by atoms with van der Waals surface area (Å²) < 4.78 is 0. The summed E-state index contributed by atoms with van der Waals surface area (Å²) in [6, 6.07) is 7.70. The molecule has 8 heteroatoms. The number of amides is 2. The number of hydrogen-bond donors (Lipinski definition) is 2. The van der Waals surface area contributed by atoms with Crippen molar-refractivity contribution in [3.05, 3.63) is 57.3 Å². The van der Waals surface area contributed by atoms with Crippen LogP contribution in [0.1, 0.15) is 20.8 Å². The smallest absolute Gasteiger partial charge is 0.335 e. The molecule has 0 unspecified atom stereocenters. The van der Waals surface area contributed by atoms with Crippen LogP contribution in [0.3, 0.4) is 0 Å². The molecule has 0 bridgehead atoms. The summed E-state index contributed by atoms with van der Waals surface area (Å²) in [5.41, 5.74) is 1.19. The fourth-order valence-corrected chi connectivity index (χ4v) is 3.47. The van der Waals surface area contributed by atoms with Gasteiger partial charge in [-0.2, -0.15) is 0 Å². The van der Waals surface area contributed by atoms with Crippen LogP contribution in [0.4, 0.5) is 5.69 Å². The van der Waals surface area contributed by atoms with Gasteiger partial charge in [0, 0.05) is 4.88 Å². The van der Waals surface area contributed by atoms with Gasteiger partial charge < -0.3 is 5.11 Å². The third-order valence-corrected chi connectivity index (χ3v) is 4.88. The monoisotopic (exact) mass is 372 g/mol. The molecule has 1 saturated heterocycles. The first-order chi connectivity index (χ1) is 11.9. The lowest BCUT2D eigenvalue weighted by atomic mass is 10.1. The second-order valence-electron chi connectivity index (χ2n) is 5.28. The van der Waals surface area contributed by atoms with E-state index in [1.165, 1.54) is 35.6 Å². The number of carboxylic acid groups (broad SMARTS) is 1. The number of benzene rings is 1. The Morgan fingerprint density at radius 1 is 1.32 bits per heavy atom. The fourth-order valence-electron chi connectivity index (χ4n) is 2.33. The number of nitrogens with one attached hydrogen (secondary N) is 1. The Balaban J connectivity index is 2.04. The highest BCUT2D eigenvalue weighted by Gasteiger charge is 2.34. The number of hydrogen-bond acceptors (Lipinski definition) is 5. The van der Waals surface area contributed by atoms with Crippen LogP contribution in [0.15, 0.2) is 41.3 Å². The Bertz CT molecular complexity index is 946. The lowest BCUT2D eigenvalue weighted by Gasteiger charge is -2.29. The highest BCUT2D eigenvalue weighted by atomic mass is 32.1. The standard InChI is InChI=1S/C17H12N2O4S2/c1-9-5-6-25-13(9)8-12-14(20)18-17(24)19(15(12)21)11-4-2-3-10(7-11)16(22)23/h2-8H,1H3,(H,22,23)(H,18,20,24). The lowest BCUT2D eigenvalue weighted by Crippen LogP contribution is -2.54. The van der Waals surface area contributed by atoms with Crippen molar-refractivity contribution in [2.45, 2.75) is 6.92 Å². The molecule has 2 heterocycles. The second-order valence-corrected chi connectivity index (χ2v) is 6.62. The highest BCUT2D eigenvalue weighted by Crippen LogP contribution is 2.25. The Hall–Kier alpha value is -2.84. The van der Waals surface area contributed by atoms with Gasteiger partial charge in [-0.1, -0.05) is 6.07 Å². The van der Waals surface area contributed by atoms with Crippen LogP contribution in [0, 0.1) is 6.92 Å². The van der Waals surface area contributed by atoms with Crippen molar-refractivity contribution in [2.75, 3.05) is 4.90 Å². The van der Waals surface area contributed by atoms with E-state index in [0.717, 1.165) is 15.3 Å². The van der Waals surface area contributed by atoms with Gasteiger partial charge >= 0.3 is 5.97 Å². The topological polar surface area (TPSA) is 86.7 Å². The number of nitrogens with zero attached hydrogens (tertiary/aromatic N) is 1. The summed E-state index contributed by atoms with van der Waals surface area (Å²) in [6.07, 6.45) is 1.52. The van der Waals surface area contributed by atoms with Crippen molar-refractivity contribution in [3.8, 4) is 0 Å². The molecule has 1 aromatic carbocycles. The van der Waals surface area contributed by atoms with Crippen LogP contribution in [0.5, 0.6) is 0 Å². The Labute approximate surface area is 152 Å². The minimum atomic E-state index is -1.12. The summed E-state index contributed by atoms with van der Waals surface area (Å²) in [5, 5.41) is 13.4. The maximum Gasteiger partial charge on any atom is 0.335 e. The van der Waals surface area contributed by atoms with Gasteiger partial charge in [0.1, 0.15) is 5.57 Å². The predicted octanol–water partition coefficient (Wildman–Crippen LogP) is 2.59. The van der Waals surface area contributed by atoms with Gasteiger partial charge in [0.2, 0.25) is 0 Å². The summed E-state index contributed by atoms with van der Waals surface area (Å²) >= 11 is 6.51. The SMILES string of the molecule is Cc1ccsc1C=C1C(=O)NC(=S)N(c2cccc(C(=O)O)c2)C1=O. The Morgan fingerprint density at radius 2 is 2.08 bits per heavy atom. The number of aryl methyl sites for hydroxylation is 1. The van der Waals surface area contributed by atoms with E-state index in [1.807, 2.05) is 18.4 Å². The summed E-state index contributed by atoms with van der Waals surface area (Å²) in [5.74, 6) is -2.29. The van der Waals surface area contributed by atoms with Gasteiger partial charge in [-0.25, -0.2) is 4.79 Å². The molecule has 0 saturated carbocycles. The fraction of sp³-hybridized carbons (Fsp3) is 0.0588. The van der Waals surface area contributed by atoms with Crippen molar-refractivity contribution < 1.29 is 19.5 Å². The third kappa shape index (κ3) is 3.21. The second kappa shape index (κ2) is 6.58. The van der Waals surface area contributed by atoms with Gasteiger partial charge in [0.15, 0.2) is 5.11 Å². The van der Waals surface area contributed by atoms with E-state index in [2.05, 4.69) is 5.32 Å². The molecule has 3 rings (SSSR count). The number of carboxylic acids is 1. The molecule has 1 aliphatic heterocycles. The van der Waals surface area contributed by atoms with Crippen molar-refractivity contribution in [3.63, 3.8) is 0 Å². The first kappa shape index (κ1) is 17.0. The average Bonchev–Trinajstić information content (AvgIpc) is 2.96. The van der Waals surface area contributed by atoms with E-state index in [-0.39, 0.29) is 21.9 Å². The van der Waals surface area contributed by atoms with Crippen LogP contribution in [-0.4, -0.2) is 28.0 Å². The molecule has 0 radical (unpaired) electrons. The maximum atomic E-state index is 12.8. The van der Waals surface area contributed by atoms with E-state index >= 15 is 0 Å². The molecule has 2 amide bonds. The van der Waals surface area contributed by atoms with Crippen LogP contribution in [0.2, 0.25) is 0 Å². The van der Waals surface area contributed by atoms with Crippen molar-refractivity contribution in [1.82, 2.24) is 5.32 Å². The minimum Gasteiger partial charge on any atom is -0.478 e. The first-order valence-corrected chi connectivity index (χ1v) is 8.46. The Kier molecular flexibility index (Phi) is 4.47. The molecule has 1 fully saturated rings. The first-order valence-electron chi connectivity index (χ1n) is 7.17. The summed E-state index contributed by atoms with van der Waals surface area (Å²) in [7, 11) is 0. The molecule has 2 aromatic rings. The van der Waals surface area contributed by atoms with Gasteiger partial charge in [-0.3, -0.25) is 19.8 Å². The van der Waals surface area contributed by atoms with Gasteiger partial charge in [-0.05, 0) is 60.4 Å². The number of carbonyl (C=O) groups excluding carboxylic acids is 2. The van der Waals surface area contributed by atoms with E-state index < -0.39 is 17.8 Å². The highest BCUT2D eigenvalue weighted by molar-refractivity contribution is 7.80. The van der Waals surface area contributed by atoms with Crippen molar-refractivity contribution in [1.29, 1.82) is 0 Å². The van der Waals surface area contributed by atoms with E-state index in [9.17, 15) is 14.4 Å². The number of thiocarbonyl (C=S) groups is 1. The normalized spacial score (nSPS) is 16.3. The molecular formula is C17H12N2O4S2. The number of aromatic carboxylic acids is 1. The van der Waals surface area contributed by atoms with Crippen LogP contribution in [0.25, 0.3) is 6.08 Å². The molecule has 0 aliphatic carbocycles. The number of carbonyl (C=O) groups is 3. The third-order valence-electron chi connectivity index (χ3n) is 3.63. The van der Waals surface area contributed by atoms with E-state index in [0.29, 0.717) is 0 Å². The van der Waals surface area contributed by atoms with Crippen LogP contribution >= 0.6 is 23.6 Å². The summed E-state index contributed by atoms with van der Waals surface area (Å²) in [4.78, 5) is 38.1. The largest absolute Gasteiger partial charge is 0.478 e. The number of rotatable bonds is 3. The lowest BCUT2D eigenvalue weighted by molar-refractivity contribution is -0.122. The van der Waals surface area contributed by atoms with Gasteiger partial charge in [0.25, 0.3) is 11.8 Å². The van der Waals surface area contributed by atoms with Gasteiger partial charge in [-0.15, -0.1) is 11.3 Å². The van der Waals surface area contributed by atoms with Crippen molar-refractivity contribution >= 4 is 58.2 Å². The molecule has 126 valence electrons. The Morgan fingerprint density at radius 3 is 2.72 bits per heavy atom. The zero-order chi connectivity index (χ0) is 18.1.